The van der Waals surface area contributed by atoms with Crippen molar-refractivity contribution < 1.29 is 30.0 Å². The van der Waals surface area contributed by atoms with E-state index in [1.54, 1.807) is 0 Å². The van der Waals surface area contributed by atoms with Gasteiger partial charge >= 0.3 is 5.97 Å². The van der Waals surface area contributed by atoms with E-state index in [1.165, 1.54) is 0 Å². The summed E-state index contributed by atoms with van der Waals surface area (Å²) in [6, 6.07) is 0. The number of carbonyl (C=O) groups excluding carboxylic acids is 1. The van der Waals surface area contributed by atoms with Crippen LogP contribution in [0.5, 0.6) is 0 Å². The molecular formula is C7H12O6S. The second-order valence-electron chi connectivity index (χ2n) is 2.60. The van der Waals surface area contributed by atoms with E-state index in [4.69, 9.17) is 15.3 Å². The summed E-state index contributed by atoms with van der Waals surface area (Å²) in [5.41, 5.74) is 0. The first-order chi connectivity index (χ1) is 6.40. The lowest BCUT2D eigenvalue weighted by molar-refractivity contribution is -0.134. The molecule has 6 nitrogen and oxygen atoms in total. The zero-order valence-corrected chi connectivity index (χ0v) is 8.27. The van der Waals surface area contributed by atoms with Gasteiger partial charge in [-0.05, 0) is 12.2 Å². The van der Waals surface area contributed by atoms with Gasteiger partial charge in [-0.2, -0.15) is 0 Å². The lowest BCUT2D eigenvalue weighted by atomic mass is 10.1. The fourth-order valence-corrected chi connectivity index (χ4v) is 0.917. The van der Waals surface area contributed by atoms with Crippen LogP contribution in [0, 0.1) is 0 Å². The fraction of sp³-hybridized carbons (Fsp3) is 0.714. The number of esters is 1. The maximum atomic E-state index is 10.4. The van der Waals surface area contributed by atoms with Crippen molar-refractivity contribution in [2.75, 3.05) is 6.61 Å². The monoisotopic (exact) mass is 224 g/mol. The van der Waals surface area contributed by atoms with Crippen molar-refractivity contribution in [2.45, 2.75) is 25.2 Å². The highest BCUT2D eigenvalue weighted by molar-refractivity contribution is 7.80. The van der Waals surface area contributed by atoms with Crippen molar-refractivity contribution in [2.24, 2.45) is 0 Å². The minimum Gasteiger partial charge on any atom is -0.416 e. The molecule has 0 aromatic rings. The van der Waals surface area contributed by atoms with Crippen molar-refractivity contribution in [3.8, 4) is 0 Å². The molecule has 0 rings (SSSR count). The number of aliphatic hydroxyl groups excluding tert-OH is 4. The van der Waals surface area contributed by atoms with Crippen LogP contribution < -0.4 is 0 Å². The number of thiocarbonyl (C=S) groups is 1. The molecule has 0 aliphatic carbocycles. The lowest BCUT2D eigenvalue weighted by Gasteiger charge is -2.20. The number of carbonyl (C=O) groups is 1. The molecule has 82 valence electrons. The predicted octanol–water partition coefficient (Wildman–Crippen LogP) is -2.05. The van der Waals surface area contributed by atoms with Crippen LogP contribution in [-0.2, 0) is 9.53 Å². The van der Waals surface area contributed by atoms with Crippen LogP contribution in [0.1, 0.15) is 6.92 Å². The van der Waals surface area contributed by atoms with Crippen LogP contribution in [0.4, 0.5) is 0 Å². The maximum Gasteiger partial charge on any atom is 0.308 e. The quantitative estimate of drug-likeness (QED) is 0.321. The van der Waals surface area contributed by atoms with E-state index in [0.717, 1.165) is 6.92 Å². The smallest absolute Gasteiger partial charge is 0.308 e. The van der Waals surface area contributed by atoms with E-state index in [9.17, 15) is 9.90 Å². The third-order valence-electron chi connectivity index (χ3n) is 1.39. The van der Waals surface area contributed by atoms with Crippen LogP contribution in [0.15, 0.2) is 0 Å². The van der Waals surface area contributed by atoms with Gasteiger partial charge in [-0.15, -0.1) is 0 Å². The van der Waals surface area contributed by atoms with Gasteiger partial charge < -0.3 is 25.2 Å². The Morgan fingerprint density at radius 1 is 1.43 bits per heavy atom. The zero-order chi connectivity index (χ0) is 11.3. The Hall–Kier alpha value is -0.600. The number of hydrogen-bond acceptors (Lipinski definition) is 7. The molecule has 7 heteroatoms. The summed E-state index contributed by atoms with van der Waals surface area (Å²) in [5, 5.41) is 35.1. The van der Waals surface area contributed by atoms with Crippen LogP contribution in [0.25, 0.3) is 0 Å². The van der Waals surface area contributed by atoms with Crippen LogP contribution >= 0.6 is 12.2 Å². The number of aliphatic hydroxyl groups is 4. The Balaban J connectivity index is 4.23. The second-order valence-corrected chi connectivity index (χ2v) is 3.00. The van der Waals surface area contributed by atoms with Crippen molar-refractivity contribution in [3.63, 3.8) is 0 Å². The van der Waals surface area contributed by atoms with Gasteiger partial charge in [0.25, 0.3) is 0 Å². The van der Waals surface area contributed by atoms with E-state index in [1.807, 2.05) is 0 Å². The molecule has 0 aliphatic rings. The molecule has 3 atom stereocenters. The SMILES string of the molecule is CC(=O)OC(=S)[C@H](O)[C@H](O)[C@H](O)CO. The first-order valence-corrected chi connectivity index (χ1v) is 4.18. The molecule has 14 heavy (non-hydrogen) atoms. The highest BCUT2D eigenvalue weighted by Gasteiger charge is 2.29. The Morgan fingerprint density at radius 3 is 2.29 bits per heavy atom. The van der Waals surface area contributed by atoms with E-state index >= 15 is 0 Å². The van der Waals surface area contributed by atoms with Crippen molar-refractivity contribution >= 4 is 23.2 Å². The molecule has 0 saturated heterocycles. The van der Waals surface area contributed by atoms with E-state index in [0.29, 0.717) is 0 Å². The van der Waals surface area contributed by atoms with Crippen LogP contribution in [-0.4, -0.2) is 56.4 Å². The number of ether oxygens (including phenoxy) is 1. The predicted molar refractivity (Wildman–Crippen MR) is 49.5 cm³/mol. The van der Waals surface area contributed by atoms with Gasteiger partial charge in [-0.25, -0.2) is 0 Å². The molecule has 0 aromatic carbocycles. The molecule has 4 N–H and O–H groups in total. The van der Waals surface area contributed by atoms with Gasteiger partial charge in [0.15, 0.2) is 6.10 Å². The Kier molecular flexibility index (Phi) is 5.73. The summed E-state index contributed by atoms with van der Waals surface area (Å²) >= 11 is 4.45. The average Bonchev–Trinajstić information content (AvgIpc) is 2.13. The molecule has 0 aliphatic heterocycles. The van der Waals surface area contributed by atoms with Crippen LogP contribution in [0.2, 0.25) is 0 Å². The summed E-state index contributed by atoms with van der Waals surface area (Å²) in [5.74, 6) is -0.736. The van der Waals surface area contributed by atoms with Crippen molar-refractivity contribution in [1.82, 2.24) is 0 Å². The molecule has 0 spiro atoms. The molecule has 0 radical (unpaired) electrons. The highest BCUT2D eigenvalue weighted by Crippen LogP contribution is 2.03. The topological polar surface area (TPSA) is 107 Å². The Bertz CT molecular complexity index is 218. The number of hydrogen-bond donors (Lipinski definition) is 4. The lowest BCUT2D eigenvalue weighted by Crippen LogP contribution is -2.44. The minimum atomic E-state index is -1.70. The third kappa shape index (κ3) is 4.07. The normalized spacial score (nSPS) is 16.9. The number of rotatable bonds is 4. The van der Waals surface area contributed by atoms with Gasteiger partial charge in [-0.1, -0.05) is 0 Å². The fourth-order valence-electron chi connectivity index (χ4n) is 0.660. The summed E-state index contributed by atoms with van der Waals surface area (Å²) in [6.45, 7) is 0.342. The maximum absolute atomic E-state index is 10.4. The molecule has 0 amide bonds. The van der Waals surface area contributed by atoms with Gasteiger partial charge in [-0.3, -0.25) is 4.79 Å². The van der Waals surface area contributed by atoms with Gasteiger partial charge in [0.2, 0.25) is 5.05 Å². The van der Waals surface area contributed by atoms with E-state index in [-0.39, 0.29) is 0 Å². The first kappa shape index (κ1) is 13.4. The third-order valence-corrected chi connectivity index (χ3v) is 1.72. The van der Waals surface area contributed by atoms with E-state index in [2.05, 4.69) is 17.0 Å². The second kappa shape index (κ2) is 5.99. The summed E-state index contributed by atoms with van der Waals surface area (Å²) in [6.07, 6.45) is -4.93. The summed E-state index contributed by atoms with van der Waals surface area (Å²) in [4.78, 5) is 10.4. The molecule has 0 bridgehead atoms. The van der Waals surface area contributed by atoms with Gasteiger partial charge in [0.1, 0.15) is 12.2 Å². The molecule has 0 fully saturated rings. The average molecular weight is 224 g/mol. The molecule has 0 aromatic heterocycles. The summed E-state index contributed by atoms with van der Waals surface area (Å²) in [7, 11) is 0. The molecule has 0 heterocycles. The largest absolute Gasteiger partial charge is 0.416 e. The minimum absolute atomic E-state index is 0.544. The molecule has 0 unspecified atom stereocenters. The Morgan fingerprint density at radius 2 is 1.93 bits per heavy atom. The Labute approximate surface area is 85.7 Å². The van der Waals surface area contributed by atoms with Crippen LogP contribution in [0.3, 0.4) is 0 Å². The van der Waals surface area contributed by atoms with Crippen molar-refractivity contribution in [3.05, 3.63) is 0 Å². The standard InChI is InChI=1S/C7H12O6S/c1-3(9)13-7(14)6(12)5(11)4(10)2-8/h4-6,8,10-12H,2H2,1H3/t4-,5-,6-/m1/s1. The molecular weight excluding hydrogens is 212 g/mol. The first-order valence-electron chi connectivity index (χ1n) is 3.77. The van der Waals surface area contributed by atoms with Gasteiger partial charge in [0, 0.05) is 6.92 Å². The summed E-state index contributed by atoms with van der Waals surface area (Å²) < 4.78 is 4.32. The van der Waals surface area contributed by atoms with Gasteiger partial charge in [0.05, 0.1) is 6.61 Å². The molecule has 0 saturated carbocycles. The highest BCUT2D eigenvalue weighted by atomic mass is 32.1. The van der Waals surface area contributed by atoms with Crippen molar-refractivity contribution in [1.29, 1.82) is 0 Å². The zero-order valence-electron chi connectivity index (χ0n) is 7.45. The van der Waals surface area contributed by atoms with E-state index < -0.39 is 35.9 Å².